The fraction of sp³-hybridized carbons (Fsp3) is 0.833. The lowest BCUT2D eigenvalue weighted by atomic mass is 9.98. The fourth-order valence-electron chi connectivity index (χ4n) is 10.6. The van der Waals surface area contributed by atoms with Crippen molar-refractivity contribution in [2.75, 3.05) is 26.2 Å². The summed E-state index contributed by atoms with van der Waals surface area (Å²) >= 11 is 0. The van der Waals surface area contributed by atoms with E-state index in [9.17, 15) is 52.7 Å². The molecule has 0 bridgehead atoms. The molecule has 22 N–H and O–H groups in total. The van der Waals surface area contributed by atoms with Gasteiger partial charge in [0.1, 0.15) is 60.4 Å². The van der Waals surface area contributed by atoms with Gasteiger partial charge >= 0.3 is 0 Å². The highest BCUT2D eigenvalue weighted by molar-refractivity contribution is 5.99. The maximum Gasteiger partial charge on any atom is 0.243 e. The highest BCUT2D eigenvalue weighted by Gasteiger charge is 2.37. The molecule has 0 aromatic heterocycles. The van der Waals surface area contributed by atoms with E-state index in [2.05, 4.69) is 53.2 Å². The van der Waals surface area contributed by atoms with Crippen LogP contribution in [0.15, 0.2) is 0 Å². The van der Waals surface area contributed by atoms with Gasteiger partial charge in [-0.25, -0.2) is 0 Å². The zero-order valence-electron chi connectivity index (χ0n) is 59.1. The van der Waals surface area contributed by atoms with Crippen molar-refractivity contribution in [3.63, 3.8) is 0 Å². The molecular formula is C66H128N16O11. The zero-order valence-corrected chi connectivity index (χ0v) is 59.1. The summed E-state index contributed by atoms with van der Waals surface area (Å²) in [5.41, 5.74) is 34.9. The van der Waals surface area contributed by atoms with Gasteiger partial charge < -0.3 is 87.6 Å². The van der Waals surface area contributed by atoms with E-state index in [1.165, 1.54) is 0 Å². The van der Waals surface area contributed by atoms with Crippen molar-refractivity contribution in [2.45, 2.75) is 285 Å². The minimum absolute atomic E-state index is 0.0280. The van der Waals surface area contributed by atoms with E-state index in [4.69, 9.17) is 34.4 Å². The van der Waals surface area contributed by atoms with Gasteiger partial charge in [0.05, 0.1) is 6.04 Å². The molecule has 0 saturated carbocycles. The maximum atomic E-state index is 14.6. The van der Waals surface area contributed by atoms with Crippen molar-refractivity contribution < 1.29 is 52.7 Å². The Labute approximate surface area is 556 Å². The quantitative estimate of drug-likeness (QED) is 0.0384. The molecule has 0 unspecified atom stereocenters. The number of hydrogen-bond acceptors (Lipinski definition) is 16. The van der Waals surface area contributed by atoms with Crippen LogP contribution in [0.2, 0.25) is 0 Å². The lowest BCUT2D eigenvalue weighted by Gasteiger charge is -2.30. The third-order valence-corrected chi connectivity index (χ3v) is 15.5. The van der Waals surface area contributed by atoms with E-state index in [-0.39, 0.29) is 112 Å². The number of primary amides is 1. The van der Waals surface area contributed by atoms with Crippen LogP contribution >= 0.6 is 0 Å². The topological polar surface area (TPSA) is 464 Å². The number of unbranched alkanes of at least 4 members (excludes halogenated alkanes) is 4. The van der Waals surface area contributed by atoms with Crippen LogP contribution < -0.4 is 87.6 Å². The van der Waals surface area contributed by atoms with Gasteiger partial charge in [0, 0.05) is 0 Å². The Morgan fingerprint density at radius 3 is 0.591 bits per heavy atom. The minimum Gasteiger partial charge on any atom is -0.368 e. The number of nitrogens with two attached hydrogens (primary N) is 6. The molecule has 0 aliphatic heterocycles. The van der Waals surface area contributed by atoms with Crippen LogP contribution in [0.5, 0.6) is 0 Å². The first-order valence-corrected chi connectivity index (χ1v) is 34.5. The second kappa shape index (κ2) is 47.8. The average molecular weight is 1320 g/mol. The highest BCUT2D eigenvalue weighted by Crippen LogP contribution is 2.17. The Kier molecular flexibility index (Phi) is 44.7. The second-order valence-corrected chi connectivity index (χ2v) is 28.2. The summed E-state index contributed by atoms with van der Waals surface area (Å²) in [5.74, 6) is -7.99. The molecule has 0 aliphatic carbocycles. The van der Waals surface area contributed by atoms with Gasteiger partial charge in [-0.3, -0.25) is 52.7 Å². The van der Waals surface area contributed by atoms with Crippen LogP contribution in [0.4, 0.5) is 0 Å². The van der Waals surface area contributed by atoms with Crippen molar-refractivity contribution in [3.8, 4) is 0 Å². The summed E-state index contributed by atoms with van der Waals surface area (Å²) < 4.78 is 0. The molecule has 0 heterocycles. The zero-order chi connectivity index (χ0) is 71.1. The van der Waals surface area contributed by atoms with Gasteiger partial charge in [-0.2, -0.15) is 0 Å². The Morgan fingerprint density at radius 2 is 0.398 bits per heavy atom. The summed E-state index contributed by atoms with van der Waals surface area (Å²) in [6.07, 6.45) is 6.18. The smallest absolute Gasteiger partial charge is 0.243 e. The third-order valence-electron chi connectivity index (χ3n) is 15.5. The molecule has 93 heavy (non-hydrogen) atoms. The van der Waals surface area contributed by atoms with E-state index >= 15 is 0 Å². The van der Waals surface area contributed by atoms with Crippen molar-refractivity contribution >= 4 is 65.0 Å². The number of carbonyl (C=O) groups excluding carboxylic acids is 11. The molecule has 0 saturated heterocycles. The monoisotopic (exact) mass is 1320 g/mol. The molecule has 0 spiro atoms. The van der Waals surface area contributed by atoms with Crippen LogP contribution in [0, 0.1) is 41.4 Å². The largest absolute Gasteiger partial charge is 0.368 e. The number of carbonyl (C=O) groups is 11. The Bertz CT molecular complexity index is 2270. The molecule has 0 radical (unpaired) electrons. The summed E-state index contributed by atoms with van der Waals surface area (Å²) in [4.78, 5) is 154. The predicted octanol–water partition coefficient (Wildman–Crippen LogP) is 1.49. The lowest BCUT2D eigenvalue weighted by Crippen LogP contribution is -2.61. The molecule has 0 aromatic carbocycles. The Balaban J connectivity index is 7.03. The van der Waals surface area contributed by atoms with Crippen molar-refractivity contribution in [3.05, 3.63) is 0 Å². The number of rotatable bonds is 51. The molecule has 0 aromatic rings. The van der Waals surface area contributed by atoms with Crippen LogP contribution in [-0.4, -0.2) is 158 Å². The van der Waals surface area contributed by atoms with E-state index in [0.29, 0.717) is 77.4 Å². The summed E-state index contributed by atoms with van der Waals surface area (Å²) in [6, 6.07) is -12.3. The molecule has 538 valence electrons. The van der Waals surface area contributed by atoms with Gasteiger partial charge in [0.15, 0.2) is 0 Å². The first-order valence-electron chi connectivity index (χ1n) is 34.5. The number of hydrogen-bond donors (Lipinski definition) is 16. The maximum absolute atomic E-state index is 14.6. The summed E-state index contributed by atoms with van der Waals surface area (Å²) in [5, 5.41) is 28.1. The van der Waals surface area contributed by atoms with Gasteiger partial charge in [-0.1, -0.05) is 103 Å². The Hall–Kier alpha value is -6.03. The van der Waals surface area contributed by atoms with Crippen LogP contribution in [0.25, 0.3) is 0 Å². The van der Waals surface area contributed by atoms with E-state index in [1.54, 1.807) is 0 Å². The second-order valence-electron chi connectivity index (χ2n) is 28.2. The summed E-state index contributed by atoms with van der Waals surface area (Å²) in [7, 11) is 0. The lowest BCUT2D eigenvalue weighted by molar-refractivity contribution is -0.136. The van der Waals surface area contributed by atoms with Crippen molar-refractivity contribution in [2.24, 2.45) is 75.8 Å². The first kappa shape index (κ1) is 87.0. The number of amides is 11. The third kappa shape index (κ3) is 38.2. The van der Waals surface area contributed by atoms with Crippen LogP contribution in [0.3, 0.4) is 0 Å². The molecule has 11 amide bonds. The molecule has 27 nitrogen and oxygen atoms in total. The Morgan fingerprint density at radius 1 is 0.237 bits per heavy atom. The predicted molar refractivity (Wildman–Crippen MR) is 364 cm³/mol. The van der Waals surface area contributed by atoms with Gasteiger partial charge in [0.2, 0.25) is 65.0 Å². The highest BCUT2D eigenvalue weighted by atomic mass is 16.2. The fourth-order valence-corrected chi connectivity index (χ4v) is 10.6. The molecule has 11 atom stereocenters. The van der Waals surface area contributed by atoms with E-state index < -0.39 is 131 Å². The van der Waals surface area contributed by atoms with Crippen molar-refractivity contribution in [1.82, 2.24) is 53.2 Å². The van der Waals surface area contributed by atoms with Crippen molar-refractivity contribution in [1.29, 1.82) is 0 Å². The van der Waals surface area contributed by atoms with Gasteiger partial charge in [0.25, 0.3) is 0 Å². The van der Waals surface area contributed by atoms with E-state index in [0.717, 1.165) is 0 Å². The molecule has 0 aliphatic rings. The molecular weight excluding hydrogens is 1190 g/mol. The van der Waals surface area contributed by atoms with Gasteiger partial charge in [-0.15, -0.1) is 0 Å². The van der Waals surface area contributed by atoms with Gasteiger partial charge in [-0.05, 0) is 183 Å². The first-order chi connectivity index (χ1) is 43.6. The molecule has 0 rings (SSSR count). The van der Waals surface area contributed by atoms with E-state index in [1.807, 2.05) is 96.9 Å². The summed E-state index contributed by atoms with van der Waals surface area (Å²) in [6.45, 7) is 27.5. The average Bonchev–Trinajstić information content (AvgIpc) is 1.72. The van der Waals surface area contributed by atoms with Crippen LogP contribution in [-0.2, 0) is 52.7 Å². The normalized spacial score (nSPS) is 15.2. The van der Waals surface area contributed by atoms with Crippen LogP contribution in [0.1, 0.15) is 219 Å². The molecule has 27 heteroatoms. The standard InChI is InChI=1S/C66H128N16O11/c1-38(2)31-49(56(72)83)76-63(90)52(34-41(7)8)82-66(93)55(37-44(13)14)79-60(87)48(26-18-22-30-70)75-62(89)51(33-40(5)6)81-65(92)54(36-43(11)12)78-59(86)47(25-17-21-29-69)74-61(88)50(32-39(3)4)80-64(91)53(35-42(9)10)77-58(85)46(24-16-20-28-68)73-57(84)45(71)23-15-19-27-67/h38-55H,15-37,67-71H2,1-14H3,(H2,72,83)(H,73,84)(H,74,88)(H,75,89)(H,76,90)(H,77,85)(H,78,86)(H,79,87)(H,80,91)(H,81,92)(H,82,93)/t45-,46+,47-,48-,49-,50+,51-,52-,53+,54+,55-/m0/s1. The number of nitrogens with one attached hydrogen (secondary N) is 10. The molecule has 0 fully saturated rings. The minimum atomic E-state index is -1.23. The SMILES string of the molecule is CC(C)C[C@H](NC(=O)[C@H](CC(C)C)NC(=O)[C@H](CC(C)C)NC(=O)[C@H](CCCCN)NC(=O)[C@H](CC(C)C)NC(=O)[C@@H](CC(C)C)NC(=O)[C@H](CCCCN)NC(=O)[C@@H](CC(C)C)NC(=O)[C@@H](CC(C)C)NC(=O)[C@@H](CCCCN)NC(=O)[C@@H](N)CCCCN)C(N)=O.